The van der Waals surface area contributed by atoms with E-state index in [2.05, 4.69) is 4.98 Å². The van der Waals surface area contributed by atoms with Crippen LogP contribution < -0.4 is 0 Å². The third-order valence-corrected chi connectivity index (χ3v) is 7.78. The Hall–Kier alpha value is -3.71. The third-order valence-electron chi connectivity index (χ3n) is 6.21. The predicted octanol–water partition coefficient (Wildman–Crippen LogP) is 5.26. The molecule has 1 aromatic heterocycles. The Morgan fingerprint density at radius 3 is 2.17 bits per heavy atom. The zero-order valence-corrected chi connectivity index (χ0v) is 21.7. The Balaban J connectivity index is 1.73. The lowest BCUT2D eigenvalue weighted by Crippen LogP contribution is -2.37. The number of carbonyl (C=O) groups excluding carboxylic acids is 1. The summed E-state index contributed by atoms with van der Waals surface area (Å²) in [6, 6.07) is 26.2. The van der Waals surface area contributed by atoms with E-state index in [4.69, 9.17) is 0 Å². The summed E-state index contributed by atoms with van der Waals surface area (Å²) in [7, 11) is -3.75. The number of hydrogen-bond donors (Lipinski definition) is 0. The van der Waals surface area contributed by atoms with Crippen molar-refractivity contribution in [2.75, 3.05) is 0 Å². The van der Waals surface area contributed by atoms with Crippen molar-refractivity contribution >= 4 is 15.7 Å². The fraction of sp³-hybridized carbons (Fsp3) is 0.241. The summed E-state index contributed by atoms with van der Waals surface area (Å²) in [6.45, 7) is 6.39. The molecule has 0 aliphatic heterocycles. The first-order chi connectivity index (χ1) is 17.3. The highest BCUT2D eigenvalue weighted by Gasteiger charge is 2.27. The number of hydrogen-bond acceptors (Lipinski definition) is 4. The topological polar surface area (TPSA) is 72.3 Å². The first-order valence-electron chi connectivity index (χ1n) is 12.0. The van der Waals surface area contributed by atoms with Crippen molar-refractivity contribution in [3.8, 4) is 0 Å². The number of aryl methyl sites for hydroxylation is 1. The van der Waals surface area contributed by atoms with Crippen molar-refractivity contribution in [2.45, 2.75) is 50.8 Å². The summed E-state index contributed by atoms with van der Waals surface area (Å²) in [5.41, 5.74) is 3.88. The van der Waals surface area contributed by atoms with E-state index in [0.717, 1.165) is 16.7 Å². The van der Waals surface area contributed by atoms with Gasteiger partial charge in [0, 0.05) is 11.6 Å². The van der Waals surface area contributed by atoms with Crippen LogP contribution in [0.15, 0.2) is 96.3 Å². The number of rotatable bonds is 9. The van der Waals surface area contributed by atoms with Crippen LogP contribution in [0.2, 0.25) is 0 Å². The molecule has 3 aromatic carbocycles. The SMILES string of the molecule is Cc1ccccc1CS(=O)(=O)c1ncc(CN(C(=O)c2ccccc2)C(C)C)n1Cc1ccccc1. The minimum atomic E-state index is -3.75. The first-order valence-corrected chi connectivity index (χ1v) is 13.6. The Bertz CT molecular complexity index is 1430. The molecule has 1 heterocycles. The van der Waals surface area contributed by atoms with Crippen LogP contribution in [0.3, 0.4) is 0 Å². The number of carbonyl (C=O) groups is 1. The van der Waals surface area contributed by atoms with Gasteiger partial charge in [-0.2, -0.15) is 0 Å². The predicted molar refractivity (Wildman–Crippen MR) is 141 cm³/mol. The van der Waals surface area contributed by atoms with Crippen LogP contribution in [0, 0.1) is 6.92 Å². The maximum absolute atomic E-state index is 13.6. The summed E-state index contributed by atoms with van der Waals surface area (Å²) >= 11 is 0. The van der Waals surface area contributed by atoms with Crippen LogP contribution >= 0.6 is 0 Å². The summed E-state index contributed by atoms with van der Waals surface area (Å²) in [6.07, 6.45) is 1.58. The van der Waals surface area contributed by atoms with Gasteiger partial charge in [0.15, 0.2) is 0 Å². The van der Waals surface area contributed by atoms with Gasteiger partial charge in [-0.3, -0.25) is 4.79 Å². The quantitative estimate of drug-likeness (QED) is 0.313. The zero-order chi connectivity index (χ0) is 25.7. The van der Waals surface area contributed by atoms with E-state index in [9.17, 15) is 13.2 Å². The van der Waals surface area contributed by atoms with Crippen LogP contribution in [0.4, 0.5) is 0 Å². The van der Waals surface area contributed by atoms with Crippen molar-refractivity contribution in [3.63, 3.8) is 0 Å². The lowest BCUT2D eigenvalue weighted by atomic mass is 10.1. The molecule has 0 aliphatic carbocycles. The van der Waals surface area contributed by atoms with Crippen LogP contribution in [0.5, 0.6) is 0 Å². The second-order valence-corrected chi connectivity index (χ2v) is 11.1. The standard InChI is InChI=1S/C29H31N3O3S/c1-22(2)31(28(33)25-15-8-5-9-16-25)20-27-18-30-29(32(27)19-24-13-6-4-7-14-24)36(34,35)21-26-17-11-10-12-23(26)3/h4-18,22H,19-21H2,1-3H3. The molecule has 0 saturated carbocycles. The second kappa shape index (κ2) is 10.9. The maximum atomic E-state index is 13.6. The number of imidazole rings is 1. The largest absolute Gasteiger partial charge is 0.330 e. The molecule has 0 saturated heterocycles. The average Bonchev–Trinajstić information content (AvgIpc) is 3.27. The van der Waals surface area contributed by atoms with E-state index in [1.165, 1.54) is 0 Å². The molecule has 0 bridgehead atoms. The second-order valence-electron chi connectivity index (χ2n) is 9.18. The highest BCUT2D eigenvalue weighted by Crippen LogP contribution is 2.23. The summed E-state index contributed by atoms with van der Waals surface area (Å²) < 4.78 is 28.9. The molecule has 0 aliphatic rings. The molecular weight excluding hydrogens is 470 g/mol. The molecule has 0 unspecified atom stereocenters. The van der Waals surface area contributed by atoms with Crippen molar-refractivity contribution in [3.05, 3.63) is 119 Å². The monoisotopic (exact) mass is 501 g/mol. The van der Waals surface area contributed by atoms with Gasteiger partial charge >= 0.3 is 0 Å². The van der Waals surface area contributed by atoms with Gasteiger partial charge in [0.05, 0.1) is 30.7 Å². The molecule has 4 aromatic rings. The number of aromatic nitrogens is 2. The van der Waals surface area contributed by atoms with E-state index in [-0.39, 0.29) is 29.4 Å². The van der Waals surface area contributed by atoms with Crippen molar-refractivity contribution < 1.29 is 13.2 Å². The molecule has 4 rings (SSSR count). The van der Waals surface area contributed by atoms with E-state index in [0.29, 0.717) is 17.8 Å². The van der Waals surface area contributed by atoms with Crippen molar-refractivity contribution in [2.24, 2.45) is 0 Å². The fourth-order valence-electron chi connectivity index (χ4n) is 4.15. The van der Waals surface area contributed by atoms with Gasteiger partial charge in [0.2, 0.25) is 15.0 Å². The fourth-order valence-corrected chi connectivity index (χ4v) is 5.75. The van der Waals surface area contributed by atoms with Gasteiger partial charge in [-0.05, 0) is 49.6 Å². The molecule has 0 radical (unpaired) electrons. The highest BCUT2D eigenvalue weighted by atomic mass is 32.2. The number of nitrogens with zero attached hydrogens (tertiary/aromatic N) is 3. The van der Waals surface area contributed by atoms with Gasteiger partial charge in [-0.25, -0.2) is 13.4 Å². The van der Waals surface area contributed by atoms with Gasteiger partial charge in [0.25, 0.3) is 5.91 Å². The molecule has 0 fully saturated rings. The number of sulfone groups is 1. The van der Waals surface area contributed by atoms with Crippen LogP contribution in [-0.2, 0) is 28.7 Å². The van der Waals surface area contributed by atoms with Crippen LogP contribution in [0.1, 0.15) is 46.6 Å². The van der Waals surface area contributed by atoms with Crippen LogP contribution in [-0.4, -0.2) is 34.8 Å². The van der Waals surface area contributed by atoms with E-state index >= 15 is 0 Å². The average molecular weight is 502 g/mol. The Morgan fingerprint density at radius 1 is 0.917 bits per heavy atom. The summed E-state index contributed by atoms with van der Waals surface area (Å²) in [5, 5.41) is 0.0143. The first kappa shape index (κ1) is 25.4. The smallest absolute Gasteiger partial charge is 0.254 e. The Labute approximate surface area is 213 Å². The lowest BCUT2D eigenvalue weighted by molar-refractivity contribution is 0.0685. The van der Waals surface area contributed by atoms with Gasteiger partial charge < -0.3 is 9.47 Å². The maximum Gasteiger partial charge on any atom is 0.254 e. The van der Waals surface area contributed by atoms with Gasteiger partial charge in [-0.15, -0.1) is 0 Å². The minimum Gasteiger partial charge on any atom is -0.330 e. The third kappa shape index (κ3) is 5.74. The molecule has 1 amide bonds. The van der Waals surface area contributed by atoms with E-state index in [1.807, 2.05) is 93.6 Å². The molecule has 0 atom stereocenters. The highest BCUT2D eigenvalue weighted by molar-refractivity contribution is 7.90. The number of amides is 1. The van der Waals surface area contributed by atoms with Crippen molar-refractivity contribution in [1.82, 2.24) is 14.5 Å². The molecule has 36 heavy (non-hydrogen) atoms. The van der Waals surface area contributed by atoms with E-state index in [1.54, 1.807) is 27.8 Å². The molecule has 186 valence electrons. The lowest BCUT2D eigenvalue weighted by Gasteiger charge is -2.27. The molecular formula is C29H31N3O3S. The number of benzene rings is 3. The van der Waals surface area contributed by atoms with E-state index < -0.39 is 9.84 Å². The van der Waals surface area contributed by atoms with Gasteiger partial charge in [0.1, 0.15) is 0 Å². The Morgan fingerprint density at radius 2 is 1.53 bits per heavy atom. The van der Waals surface area contributed by atoms with Crippen molar-refractivity contribution in [1.29, 1.82) is 0 Å². The normalized spacial score (nSPS) is 11.6. The summed E-state index contributed by atoms with van der Waals surface area (Å²) in [4.78, 5) is 19.5. The van der Waals surface area contributed by atoms with Gasteiger partial charge in [-0.1, -0.05) is 72.8 Å². The molecule has 0 N–H and O–H groups in total. The summed E-state index contributed by atoms with van der Waals surface area (Å²) in [5.74, 6) is -0.246. The molecule has 7 heteroatoms. The minimum absolute atomic E-state index is 0.0143. The zero-order valence-electron chi connectivity index (χ0n) is 20.8. The van der Waals surface area contributed by atoms with Crippen LogP contribution in [0.25, 0.3) is 0 Å². The molecule has 6 nitrogen and oxygen atoms in total. The molecule has 0 spiro atoms. The Kier molecular flexibility index (Phi) is 7.70.